The molecule has 0 N–H and O–H groups in total. The largest absolute Gasteiger partial charge is 0.534 e. The molecule has 1 aromatic rings. The number of carbonyl (C=O) groups excluding carboxylic acids is 1. The summed E-state index contributed by atoms with van der Waals surface area (Å²) in [5.41, 5.74) is -5.55. The first-order chi connectivity index (χ1) is 7.17. The summed E-state index contributed by atoms with van der Waals surface area (Å²) in [6, 6.07) is 0. The van der Waals surface area contributed by atoms with Crippen LogP contribution in [0.1, 0.15) is 14.7 Å². The number of carbonyl (C=O) groups is 1. The van der Waals surface area contributed by atoms with Crippen molar-refractivity contribution in [2.45, 2.75) is 12.4 Å². The third-order valence-corrected chi connectivity index (χ3v) is 3.13. The van der Waals surface area contributed by atoms with E-state index >= 15 is 0 Å². The molecule has 0 aliphatic rings. The number of aromatic nitrogens is 1. The smallest absolute Gasteiger partial charge is 0.354 e. The highest BCUT2D eigenvalue weighted by atomic mass is 32.2. The number of aryl methyl sites for hydroxylation is 1. The summed E-state index contributed by atoms with van der Waals surface area (Å²) in [6.07, 6.45) is 0.173. The summed E-state index contributed by atoms with van der Waals surface area (Å²) in [5, 5.41) is 0.217. The summed E-state index contributed by atoms with van der Waals surface area (Å²) in [5.74, 6) is -0.852. The number of rotatable bonds is 3. The van der Waals surface area contributed by atoms with Gasteiger partial charge in [-0.2, -0.15) is 21.6 Å². The summed E-state index contributed by atoms with van der Waals surface area (Å²) in [7, 11) is -5.78. The Bertz CT molecular complexity index is 504. The lowest BCUT2D eigenvalue weighted by Gasteiger charge is -2.07. The summed E-state index contributed by atoms with van der Waals surface area (Å²) < 4.78 is 60.7. The van der Waals surface area contributed by atoms with Crippen molar-refractivity contribution in [2.75, 3.05) is 0 Å². The molecule has 0 radical (unpaired) electrons. The van der Waals surface area contributed by atoms with Crippen LogP contribution < -0.4 is 4.18 Å². The van der Waals surface area contributed by atoms with Gasteiger partial charge in [-0.1, -0.05) is 0 Å². The third kappa shape index (κ3) is 2.50. The fourth-order valence-electron chi connectivity index (χ4n) is 0.709. The molecule has 0 atom stereocenters. The Morgan fingerprint density at radius 2 is 2.00 bits per heavy atom. The molecular weight excluding hydrogens is 271 g/mol. The van der Waals surface area contributed by atoms with Crippen molar-refractivity contribution in [1.29, 1.82) is 0 Å². The summed E-state index contributed by atoms with van der Waals surface area (Å²) in [6.45, 7) is 1.39. The van der Waals surface area contributed by atoms with Crippen LogP contribution in [0.2, 0.25) is 0 Å². The Hall–Kier alpha value is -1.16. The molecule has 0 amide bonds. The van der Waals surface area contributed by atoms with Gasteiger partial charge in [0.05, 0.1) is 5.01 Å². The Labute approximate surface area is 92.0 Å². The predicted molar refractivity (Wildman–Crippen MR) is 47.8 cm³/mol. The Balaban J connectivity index is 3.10. The molecular formula is C6H4F3NO4S2. The van der Waals surface area contributed by atoms with E-state index in [1.807, 2.05) is 0 Å². The third-order valence-electron chi connectivity index (χ3n) is 1.31. The van der Waals surface area contributed by atoms with Crippen LogP contribution in [0.4, 0.5) is 13.2 Å². The molecule has 10 heteroatoms. The van der Waals surface area contributed by atoms with E-state index in [2.05, 4.69) is 9.17 Å². The van der Waals surface area contributed by atoms with Crippen molar-refractivity contribution < 1.29 is 30.6 Å². The number of thiazole rings is 1. The number of aldehydes is 1. The van der Waals surface area contributed by atoms with Gasteiger partial charge in [-0.15, -0.1) is 11.3 Å². The maximum atomic E-state index is 11.9. The predicted octanol–water partition coefficient (Wildman–Crippen LogP) is 1.49. The molecule has 0 unspecified atom stereocenters. The van der Waals surface area contributed by atoms with E-state index in [1.54, 1.807) is 0 Å². The zero-order valence-electron chi connectivity index (χ0n) is 7.61. The van der Waals surface area contributed by atoms with Gasteiger partial charge in [-0.25, -0.2) is 4.98 Å². The molecule has 0 saturated heterocycles. The van der Waals surface area contributed by atoms with E-state index < -0.39 is 21.5 Å². The maximum Gasteiger partial charge on any atom is 0.534 e. The average Bonchev–Trinajstić information content (AvgIpc) is 2.43. The minimum Gasteiger partial charge on any atom is -0.354 e. The monoisotopic (exact) mass is 275 g/mol. The SMILES string of the molecule is Cc1nc(OS(=O)(=O)C(F)(F)F)c(C=O)s1. The van der Waals surface area contributed by atoms with Gasteiger partial charge in [0.25, 0.3) is 5.88 Å². The van der Waals surface area contributed by atoms with Crippen LogP contribution in [0.3, 0.4) is 0 Å². The first-order valence-electron chi connectivity index (χ1n) is 3.61. The number of hydrogen-bond donors (Lipinski definition) is 0. The molecule has 0 spiro atoms. The van der Waals surface area contributed by atoms with Crippen LogP contribution >= 0.6 is 11.3 Å². The normalized spacial score (nSPS) is 12.5. The Kier molecular flexibility index (Phi) is 3.24. The zero-order valence-corrected chi connectivity index (χ0v) is 9.24. The van der Waals surface area contributed by atoms with E-state index in [0.717, 1.165) is 11.3 Å². The van der Waals surface area contributed by atoms with Crippen LogP contribution in [-0.2, 0) is 10.1 Å². The molecule has 1 aromatic heterocycles. The molecule has 1 rings (SSSR count). The van der Waals surface area contributed by atoms with Crippen molar-refractivity contribution >= 4 is 27.7 Å². The summed E-state index contributed by atoms with van der Waals surface area (Å²) in [4.78, 5) is 13.4. The molecule has 0 bridgehead atoms. The second kappa shape index (κ2) is 4.01. The van der Waals surface area contributed by atoms with E-state index in [-0.39, 0.29) is 16.2 Å². The highest BCUT2D eigenvalue weighted by Crippen LogP contribution is 2.30. The molecule has 1 heterocycles. The van der Waals surface area contributed by atoms with Crippen molar-refractivity contribution in [1.82, 2.24) is 4.98 Å². The standard InChI is InChI=1S/C6H4F3NO4S2/c1-3-10-5(4(2-11)15-3)14-16(12,13)6(7,8)9/h2H,1H3. The van der Waals surface area contributed by atoms with E-state index in [0.29, 0.717) is 0 Å². The zero-order chi connectivity index (χ0) is 12.6. The lowest BCUT2D eigenvalue weighted by atomic mass is 10.6. The summed E-state index contributed by atoms with van der Waals surface area (Å²) >= 11 is 0.730. The highest BCUT2D eigenvalue weighted by molar-refractivity contribution is 7.88. The second-order valence-corrected chi connectivity index (χ2v) is 5.28. The number of alkyl halides is 3. The van der Waals surface area contributed by atoms with Gasteiger partial charge >= 0.3 is 15.6 Å². The first kappa shape index (κ1) is 12.9. The van der Waals surface area contributed by atoms with Crippen molar-refractivity contribution in [3.05, 3.63) is 9.88 Å². The van der Waals surface area contributed by atoms with Crippen molar-refractivity contribution in [2.24, 2.45) is 0 Å². The molecule has 0 fully saturated rings. The van der Waals surface area contributed by atoms with Crippen LogP contribution in [0.5, 0.6) is 5.88 Å². The van der Waals surface area contributed by atoms with Crippen LogP contribution in [0.15, 0.2) is 0 Å². The molecule has 0 aliphatic heterocycles. The molecule has 0 saturated carbocycles. The maximum absolute atomic E-state index is 11.9. The topological polar surface area (TPSA) is 73.3 Å². The van der Waals surface area contributed by atoms with E-state index in [9.17, 15) is 26.4 Å². The first-order valence-corrected chi connectivity index (χ1v) is 5.83. The lowest BCUT2D eigenvalue weighted by molar-refractivity contribution is -0.0501. The molecule has 90 valence electrons. The van der Waals surface area contributed by atoms with Gasteiger partial charge < -0.3 is 4.18 Å². The number of nitrogens with zero attached hydrogens (tertiary/aromatic N) is 1. The van der Waals surface area contributed by atoms with E-state index in [1.165, 1.54) is 6.92 Å². The average molecular weight is 275 g/mol. The van der Waals surface area contributed by atoms with Crippen molar-refractivity contribution in [3.8, 4) is 5.88 Å². The fourth-order valence-corrected chi connectivity index (χ4v) is 1.86. The molecule has 0 aromatic carbocycles. The number of halogens is 3. The second-order valence-electron chi connectivity index (χ2n) is 2.50. The van der Waals surface area contributed by atoms with Crippen LogP contribution in [-0.4, -0.2) is 25.2 Å². The quantitative estimate of drug-likeness (QED) is 0.474. The lowest BCUT2D eigenvalue weighted by Crippen LogP contribution is -2.28. The van der Waals surface area contributed by atoms with Gasteiger partial charge in [0.2, 0.25) is 0 Å². The molecule has 0 aliphatic carbocycles. The molecule has 16 heavy (non-hydrogen) atoms. The van der Waals surface area contributed by atoms with Crippen molar-refractivity contribution in [3.63, 3.8) is 0 Å². The Morgan fingerprint density at radius 3 is 2.44 bits per heavy atom. The van der Waals surface area contributed by atoms with Gasteiger partial charge in [0, 0.05) is 0 Å². The Morgan fingerprint density at radius 1 is 1.44 bits per heavy atom. The fraction of sp³-hybridized carbons (Fsp3) is 0.333. The minimum absolute atomic E-state index is 0.173. The molecule has 5 nitrogen and oxygen atoms in total. The van der Waals surface area contributed by atoms with Gasteiger partial charge in [-0.05, 0) is 6.92 Å². The van der Waals surface area contributed by atoms with Crippen LogP contribution in [0, 0.1) is 6.92 Å². The van der Waals surface area contributed by atoms with Crippen LogP contribution in [0.25, 0.3) is 0 Å². The number of hydrogen-bond acceptors (Lipinski definition) is 6. The highest BCUT2D eigenvalue weighted by Gasteiger charge is 2.49. The van der Waals surface area contributed by atoms with Gasteiger partial charge in [0.15, 0.2) is 6.29 Å². The van der Waals surface area contributed by atoms with Gasteiger partial charge in [-0.3, -0.25) is 4.79 Å². The van der Waals surface area contributed by atoms with Gasteiger partial charge in [0.1, 0.15) is 4.88 Å². The van der Waals surface area contributed by atoms with E-state index in [4.69, 9.17) is 0 Å². The minimum atomic E-state index is -5.78.